The number of furan rings is 1. The summed E-state index contributed by atoms with van der Waals surface area (Å²) in [4.78, 5) is 17.0. The van der Waals surface area contributed by atoms with Crippen LogP contribution in [0.15, 0.2) is 53.1 Å². The lowest BCUT2D eigenvalue weighted by Gasteiger charge is -2.09. The van der Waals surface area contributed by atoms with Gasteiger partial charge in [0.15, 0.2) is 5.76 Å². The van der Waals surface area contributed by atoms with Crippen LogP contribution < -0.4 is 0 Å². The molecule has 0 amide bonds. The van der Waals surface area contributed by atoms with Gasteiger partial charge in [0.25, 0.3) is 0 Å². The maximum absolute atomic E-state index is 12.4. The summed E-state index contributed by atoms with van der Waals surface area (Å²) in [6.45, 7) is 3.10. The van der Waals surface area contributed by atoms with Crippen molar-refractivity contribution in [3.63, 3.8) is 0 Å². The molecule has 5 heteroatoms. The van der Waals surface area contributed by atoms with E-state index < -0.39 is 5.97 Å². The Morgan fingerprint density at radius 1 is 1.17 bits per heavy atom. The summed E-state index contributed by atoms with van der Waals surface area (Å²) in [5.41, 5.74) is 1.79. The first kappa shape index (κ1) is 15.2. The minimum atomic E-state index is -0.392. The van der Waals surface area contributed by atoms with Crippen LogP contribution >= 0.6 is 0 Å². The Kier molecular flexibility index (Phi) is 4.68. The number of rotatable bonds is 6. The minimum absolute atomic E-state index is 0.222. The number of para-hydroxylation sites is 1. The highest BCUT2D eigenvalue weighted by molar-refractivity contribution is 6.04. The number of benzene rings is 1. The van der Waals surface area contributed by atoms with Crippen LogP contribution in [0.1, 0.15) is 17.3 Å². The summed E-state index contributed by atoms with van der Waals surface area (Å²) in [7, 11) is 0. The van der Waals surface area contributed by atoms with Gasteiger partial charge in [0.05, 0.1) is 24.0 Å². The Hall–Kier alpha value is -2.66. The lowest BCUT2D eigenvalue weighted by atomic mass is 10.1. The average Bonchev–Trinajstić information content (AvgIpc) is 3.12. The van der Waals surface area contributed by atoms with Gasteiger partial charge in [-0.1, -0.05) is 18.2 Å². The second-order valence-electron chi connectivity index (χ2n) is 4.88. The van der Waals surface area contributed by atoms with E-state index in [0.717, 1.165) is 10.9 Å². The zero-order chi connectivity index (χ0) is 16.1. The number of ether oxygens (including phenoxy) is 2. The molecule has 0 bridgehead atoms. The molecule has 2 heterocycles. The number of carbonyl (C=O) groups is 1. The van der Waals surface area contributed by atoms with Gasteiger partial charge < -0.3 is 13.9 Å². The number of aromatic nitrogens is 1. The van der Waals surface area contributed by atoms with Gasteiger partial charge >= 0.3 is 5.97 Å². The monoisotopic (exact) mass is 311 g/mol. The van der Waals surface area contributed by atoms with Crippen molar-refractivity contribution < 1.29 is 18.7 Å². The summed E-state index contributed by atoms with van der Waals surface area (Å²) in [5.74, 6) is 0.218. The van der Waals surface area contributed by atoms with Gasteiger partial charge in [-0.25, -0.2) is 9.78 Å². The quantitative estimate of drug-likeness (QED) is 0.513. The predicted octanol–water partition coefficient (Wildman–Crippen LogP) is 3.69. The number of hydrogen-bond acceptors (Lipinski definition) is 5. The van der Waals surface area contributed by atoms with E-state index in [1.54, 1.807) is 24.5 Å². The molecule has 5 nitrogen and oxygen atoms in total. The molecule has 3 aromatic rings. The Morgan fingerprint density at radius 3 is 2.83 bits per heavy atom. The summed E-state index contributed by atoms with van der Waals surface area (Å²) in [6.07, 6.45) is 1.58. The van der Waals surface area contributed by atoms with Gasteiger partial charge in [0.1, 0.15) is 12.3 Å². The van der Waals surface area contributed by atoms with Crippen molar-refractivity contribution in [1.82, 2.24) is 4.98 Å². The Morgan fingerprint density at radius 2 is 2.04 bits per heavy atom. The maximum Gasteiger partial charge on any atom is 0.338 e. The Bertz CT molecular complexity index is 796. The molecule has 0 saturated carbocycles. The van der Waals surface area contributed by atoms with E-state index in [1.807, 2.05) is 31.2 Å². The fourth-order valence-corrected chi connectivity index (χ4v) is 2.31. The fourth-order valence-electron chi connectivity index (χ4n) is 2.31. The predicted molar refractivity (Wildman–Crippen MR) is 86.2 cm³/mol. The van der Waals surface area contributed by atoms with E-state index in [9.17, 15) is 4.79 Å². The van der Waals surface area contributed by atoms with E-state index in [2.05, 4.69) is 4.98 Å². The number of esters is 1. The second-order valence-corrected chi connectivity index (χ2v) is 4.88. The molecule has 0 spiro atoms. The molecule has 2 aromatic heterocycles. The van der Waals surface area contributed by atoms with Crippen molar-refractivity contribution in [1.29, 1.82) is 0 Å². The van der Waals surface area contributed by atoms with E-state index in [0.29, 0.717) is 30.2 Å². The second kappa shape index (κ2) is 7.07. The van der Waals surface area contributed by atoms with Crippen LogP contribution in [0.5, 0.6) is 0 Å². The summed E-state index contributed by atoms with van der Waals surface area (Å²) in [5, 5.41) is 0.754. The van der Waals surface area contributed by atoms with Gasteiger partial charge in [-0.2, -0.15) is 0 Å². The molecular weight excluding hydrogens is 294 g/mol. The summed E-state index contributed by atoms with van der Waals surface area (Å²) >= 11 is 0. The first-order valence-electron chi connectivity index (χ1n) is 7.48. The number of carbonyl (C=O) groups excluding carboxylic acids is 1. The van der Waals surface area contributed by atoms with Crippen molar-refractivity contribution >= 4 is 16.9 Å². The molecular formula is C18H17NO4. The van der Waals surface area contributed by atoms with Gasteiger partial charge in [0, 0.05) is 12.0 Å². The van der Waals surface area contributed by atoms with Crippen LogP contribution in [0, 0.1) is 0 Å². The smallest absolute Gasteiger partial charge is 0.338 e. The highest BCUT2D eigenvalue weighted by Gasteiger charge is 2.16. The molecule has 0 unspecified atom stereocenters. The molecule has 0 aliphatic carbocycles. The van der Waals surface area contributed by atoms with Crippen molar-refractivity contribution in [2.24, 2.45) is 0 Å². The van der Waals surface area contributed by atoms with E-state index in [1.165, 1.54) is 0 Å². The van der Waals surface area contributed by atoms with Crippen LogP contribution in [-0.4, -0.2) is 30.8 Å². The van der Waals surface area contributed by atoms with E-state index in [-0.39, 0.29) is 6.61 Å². The third-order valence-corrected chi connectivity index (χ3v) is 3.37. The van der Waals surface area contributed by atoms with Crippen molar-refractivity contribution in [3.8, 4) is 11.5 Å². The van der Waals surface area contributed by atoms with Gasteiger partial charge in [-0.3, -0.25) is 0 Å². The van der Waals surface area contributed by atoms with Gasteiger partial charge in [0.2, 0.25) is 0 Å². The van der Waals surface area contributed by atoms with Crippen LogP contribution in [0.25, 0.3) is 22.4 Å². The zero-order valence-corrected chi connectivity index (χ0v) is 12.8. The first-order valence-corrected chi connectivity index (χ1v) is 7.48. The molecule has 0 fully saturated rings. The number of hydrogen-bond donors (Lipinski definition) is 0. The van der Waals surface area contributed by atoms with Crippen molar-refractivity contribution in [3.05, 3.63) is 54.3 Å². The third kappa shape index (κ3) is 3.40. The topological polar surface area (TPSA) is 61.6 Å². The van der Waals surface area contributed by atoms with Crippen LogP contribution in [-0.2, 0) is 9.47 Å². The highest BCUT2D eigenvalue weighted by atomic mass is 16.6. The first-order chi connectivity index (χ1) is 11.3. The summed E-state index contributed by atoms with van der Waals surface area (Å²) in [6, 6.07) is 12.8. The fraction of sp³-hybridized carbons (Fsp3) is 0.222. The van der Waals surface area contributed by atoms with E-state index in [4.69, 9.17) is 13.9 Å². The summed E-state index contributed by atoms with van der Waals surface area (Å²) < 4.78 is 15.9. The van der Waals surface area contributed by atoms with Gasteiger partial charge in [-0.15, -0.1) is 0 Å². The van der Waals surface area contributed by atoms with E-state index >= 15 is 0 Å². The molecule has 23 heavy (non-hydrogen) atoms. The van der Waals surface area contributed by atoms with Crippen molar-refractivity contribution in [2.75, 3.05) is 19.8 Å². The molecule has 0 N–H and O–H groups in total. The number of pyridine rings is 1. The van der Waals surface area contributed by atoms with Crippen LogP contribution in [0.2, 0.25) is 0 Å². The lowest BCUT2D eigenvalue weighted by molar-refractivity contribution is 0.0337. The molecule has 0 radical (unpaired) electrons. The molecule has 0 atom stereocenters. The molecule has 0 aliphatic rings. The number of fused-ring (bicyclic) bond motifs is 1. The molecule has 3 rings (SSSR count). The normalized spacial score (nSPS) is 10.8. The molecule has 0 aliphatic heterocycles. The SMILES string of the molecule is CCOCCOC(=O)c1cc(-c2ccco2)nc2ccccc12. The van der Waals surface area contributed by atoms with Gasteiger partial charge in [-0.05, 0) is 31.2 Å². The highest BCUT2D eigenvalue weighted by Crippen LogP contribution is 2.25. The average molecular weight is 311 g/mol. The largest absolute Gasteiger partial charge is 0.463 e. The molecule has 0 saturated heterocycles. The van der Waals surface area contributed by atoms with Crippen molar-refractivity contribution in [2.45, 2.75) is 6.92 Å². The zero-order valence-electron chi connectivity index (χ0n) is 12.8. The molecule has 1 aromatic carbocycles. The Labute approximate surface area is 133 Å². The number of nitrogens with zero attached hydrogens (tertiary/aromatic N) is 1. The maximum atomic E-state index is 12.4. The molecule has 118 valence electrons. The van der Waals surface area contributed by atoms with Crippen LogP contribution in [0.3, 0.4) is 0 Å². The Balaban J connectivity index is 1.95. The third-order valence-electron chi connectivity index (χ3n) is 3.37. The standard InChI is InChI=1S/C18H17NO4/c1-2-21-10-11-23-18(20)14-12-16(17-8-5-9-22-17)19-15-7-4-3-6-13(14)15/h3-9,12H,2,10-11H2,1H3. The minimum Gasteiger partial charge on any atom is -0.463 e. The van der Waals surface area contributed by atoms with Crippen LogP contribution in [0.4, 0.5) is 0 Å². The lowest BCUT2D eigenvalue weighted by Crippen LogP contribution is -2.11.